The Hall–Kier alpha value is -4.49. The molecule has 3 N–H and O–H groups in total. The second-order valence-corrected chi connectivity index (χ2v) is 8.02. The fourth-order valence-corrected chi connectivity index (χ4v) is 3.82. The zero-order valence-electron chi connectivity index (χ0n) is 17.6. The smallest absolute Gasteiger partial charge is 0.275 e. The Morgan fingerprint density at radius 2 is 1.47 bits per heavy atom. The number of fused-ring (bicyclic) bond motifs is 2. The topological polar surface area (TPSA) is 104 Å². The molecule has 7 nitrogen and oxygen atoms in total. The second-order valence-electron chi connectivity index (χ2n) is 7.59. The van der Waals surface area contributed by atoms with Crippen molar-refractivity contribution < 1.29 is 9.59 Å². The summed E-state index contributed by atoms with van der Waals surface area (Å²) in [5.41, 5.74) is 7.02. The molecule has 0 aliphatic rings. The van der Waals surface area contributed by atoms with E-state index in [1.54, 1.807) is 60.7 Å². The van der Waals surface area contributed by atoms with Gasteiger partial charge in [0.1, 0.15) is 5.56 Å². The van der Waals surface area contributed by atoms with E-state index in [0.29, 0.717) is 38.1 Å². The molecule has 2 amide bonds. The quantitative estimate of drug-likeness (QED) is 0.340. The zero-order valence-corrected chi connectivity index (χ0v) is 18.4. The summed E-state index contributed by atoms with van der Waals surface area (Å²) in [7, 11) is 0. The van der Waals surface area contributed by atoms with Crippen molar-refractivity contribution in [2.75, 3.05) is 0 Å². The van der Waals surface area contributed by atoms with Gasteiger partial charge in [0.05, 0.1) is 16.8 Å². The number of para-hydroxylation sites is 2. The zero-order chi connectivity index (χ0) is 23.7. The summed E-state index contributed by atoms with van der Waals surface area (Å²) < 4.78 is 0. The fourth-order valence-electron chi connectivity index (χ4n) is 3.70. The Kier molecular flexibility index (Phi) is 5.53. The van der Waals surface area contributed by atoms with Gasteiger partial charge in [-0.25, -0.2) is 4.98 Å². The Labute approximate surface area is 198 Å². The molecule has 5 rings (SSSR count). The second kappa shape index (κ2) is 8.80. The Morgan fingerprint density at radius 3 is 2.26 bits per heavy atom. The van der Waals surface area contributed by atoms with Crippen LogP contribution >= 0.6 is 11.6 Å². The third-order valence-electron chi connectivity index (χ3n) is 5.39. The summed E-state index contributed by atoms with van der Waals surface area (Å²) in [4.78, 5) is 45.4. The minimum Gasteiger partial charge on any atom is -0.321 e. The van der Waals surface area contributed by atoms with Crippen LogP contribution in [0.15, 0.2) is 89.7 Å². The van der Waals surface area contributed by atoms with Gasteiger partial charge in [-0.2, -0.15) is 0 Å². The van der Waals surface area contributed by atoms with Crippen molar-refractivity contribution in [2.24, 2.45) is 0 Å². The molecule has 0 saturated carbocycles. The van der Waals surface area contributed by atoms with Crippen molar-refractivity contribution >= 4 is 45.2 Å². The van der Waals surface area contributed by atoms with E-state index in [0.717, 1.165) is 5.56 Å². The molecule has 0 unspecified atom stereocenters. The molecular formula is C26H17ClN4O3. The van der Waals surface area contributed by atoms with Crippen LogP contribution in [0.3, 0.4) is 0 Å². The highest BCUT2D eigenvalue weighted by Crippen LogP contribution is 2.26. The van der Waals surface area contributed by atoms with Gasteiger partial charge in [0, 0.05) is 21.5 Å². The molecule has 0 aliphatic carbocycles. The van der Waals surface area contributed by atoms with Crippen molar-refractivity contribution in [3.63, 3.8) is 0 Å². The molecule has 3 aromatic carbocycles. The number of aromatic nitrogens is 2. The molecule has 0 atom stereocenters. The minimum atomic E-state index is -0.725. The number of nitrogens with one attached hydrogen (secondary N) is 3. The van der Waals surface area contributed by atoms with Crippen LogP contribution in [-0.4, -0.2) is 21.8 Å². The lowest BCUT2D eigenvalue weighted by molar-refractivity contribution is 0.0847. The van der Waals surface area contributed by atoms with E-state index in [1.807, 2.05) is 18.2 Å². The van der Waals surface area contributed by atoms with Gasteiger partial charge in [0.15, 0.2) is 0 Å². The van der Waals surface area contributed by atoms with Gasteiger partial charge >= 0.3 is 0 Å². The molecule has 2 heterocycles. The monoisotopic (exact) mass is 468 g/mol. The van der Waals surface area contributed by atoms with Gasteiger partial charge in [0.25, 0.3) is 17.4 Å². The number of amides is 2. The van der Waals surface area contributed by atoms with Crippen LogP contribution in [-0.2, 0) is 0 Å². The van der Waals surface area contributed by atoms with Crippen LogP contribution in [0.5, 0.6) is 0 Å². The number of hydrazine groups is 1. The Bertz CT molecular complexity index is 1630. The average molecular weight is 469 g/mol. The number of halogens is 1. The number of rotatable bonds is 3. The molecule has 8 heteroatoms. The summed E-state index contributed by atoms with van der Waals surface area (Å²) in [5, 5.41) is 1.91. The maximum absolute atomic E-state index is 13.1. The lowest BCUT2D eigenvalue weighted by Gasteiger charge is -2.11. The first-order valence-electron chi connectivity index (χ1n) is 10.4. The van der Waals surface area contributed by atoms with Crippen LogP contribution in [0.1, 0.15) is 20.7 Å². The van der Waals surface area contributed by atoms with E-state index >= 15 is 0 Å². The van der Waals surface area contributed by atoms with Crippen LogP contribution < -0.4 is 16.4 Å². The number of aromatic amines is 1. The van der Waals surface area contributed by atoms with Gasteiger partial charge in [-0.1, -0.05) is 60.1 Å². The summed E-state index contributed by atoms with van der Waals surface area (Å²) in [6.07, 6.45) is 0. The highest BCUT2D eigenvalue weighted by Gasteiger charge is 2.17. The molecule has 0 spiro atoms. The molecule has 0 saturated heterocycles. The van der Waals surface area contributed by atoms with Crippen LogP contribution in [0, 0.1) is 0 Å². The number of carbonyl (C=O) groups is 2. The van der Waals surface area contributed by atoms with Crippen LogP contribution in [0.25, 0.3) is 33.1 Å². The number of benzene rings is 3. The summed E-state index contributed by atoms with van der Waals surface area (Å²) in [6.45, 7) is 0. The lowest BCUT2D eigenvalue weighted by Crippen LogP contribution is -2.43. The molecular weight excluding hydrogens is 452 g/mol. The lowest BCUT2D eigenvalue weighted by atomic mass is 10.0. The molecule has 34 heavy (non-hydrogen) atoms. The third-order valence-corrected chi connectivity index (χ3v) is 5.64. The number of hydrogen-bond acceptors (Lipinski definition) is 4. The first kappa shape index (κ1) is 21.4. The van der Waals surface area contributed by atoms with E-state index in [4.69, 9.17) is 11.6 Å². The van der Waals surface area contributed by atoms with E-state index < -0.39 is 17.4 Å². The molecule has 0 radical (unpaired) electrons. The van der Waals surface area contributed by atoms with Gasteiger partial charge in [-0.15, -0.1) is 0 Å². The summed E-state index contributed by atoms with van der Waals surface area (Å²) >= 11 is 5.99. The van der Waals surface area contributed by atoms with Gasteiger partial charge < -0.3 is 4.98 Å². The van der Waals surface area contributed by atoms with E-state index in [-0.39, 0.29) is 5.56 Å². The first-order chi connectivity index (χ1) is 16.5. The van der Waals surface area contributed by atoms with Crippen LogP contribution in [0.4, 0.5) is 0 Å². The number of hydrogen-bond donors (Lipinski definition) is 3. The van der Waals surface area contributed by atoms with Gasteiger partial charge in [0.2, 0.25) is 0 Å². The highest BCUT2D eigenvalue weighted by atomic mass is 35.5. The number of nitrogens with zero attached hydrogens (tertiary/aromatic N) is 1. The predicted molar refractivity (Wildman–Crippen MR) is 132 cm³/mol. The normalized spacial score (nSPS) is 10.9. The van der Waals surface area contributed by atoms with Crippen molar-refractivity contribution in [1.29, 1.82) is 0 Å². The minimum absolute atomic E-state index is 0.111. The SMILES string of the molecule is O=C(NNC(=O)c1cc(-c2ccc(Cl)cc2)nc2ccccc12)c1cc2ccccc2[nH]c1=O. The number of carbonyl (C=O) groups excluding carboxylic acids is 2. The highest BCUT2D eigenvalue weighted by molar-refractivity contribution is 6.30. The molecule has 0 bridgehead atoms. The average Bonchev–Trinajstić information content (AvgIpc) is 2.86. The Morgan fingerprint density at radius 1 is 0.794 bits per heavy atom. The van der Waals surface area contributed by atoms with Crippen molar-refractivity contribution in [2.45, 2.75) is 0 Å². The van der Waals surface area contributed by atoms with E-state index in [1.165, 1.54) is 6.07 Å². The van der Waals surface area contributed by atoms with Crippen LogP contribution in [0.2, 0.25) is 5.02 Å². The van der Waals surface area contributed by atoms with Gasteiger partial charge in [-0.3, -0.25) is 25.2 Å². The molecule has 166 valence electrons. The maximum Gasteiger partial charge on any atom is 0.275 e. The summed E-state index contributed by atoms with van der Waals surface area (Å²) in [6, 6.07) is 24.6. The fraction of sp³-hybridized carbons (Fsp3) is 0. The molecule has 5 aromatic rings. The Balaban J connectivity index is 1.44. The van der Waals surface area contributed by atoms with Crippen molar-refractivity contribution in [3.05, 3.63) is 111 Å². The molecule has 0 aliphatic heterocycles. The van der Waals surface area contributed by atoms with E-state index in [9.17, 15) is 14.4 Å². The predicted octanol–water partition coefficient (Wildman–Crippen LogP) is 4.47. The van der Waals surface area contributed by atoms with Gasteiger partial charge in [-0.05, 0) is 41.8 Å². The molecule has 0 fully saturated rings. The first-order valence-corrected chi connectivity index (χ1v) is 10.8. The van der Waals surface area contributed by atoms with Crippen molar-refractivity contribution in [1.82, 2.24) is 20.8 Å². The third kappa shape index (κ3) is 4.12. The number of H-pyrrole nitrogens is 1. The van der Waals surface area contributed by atoms with E-state index in [2.05, 4.69) is 20.8 Å². The molecule has 2 aromatic heterocycles. The largest absolute Gasteiger partial charge is 0.321 e. The van der Waals surface area contributed by atoms with Crippen molar-refractivity contribution in [3.8, 4) is 11.3 Å². The maximum atomic E-state index is 13.1. The number of pyridine rings is 2. The summed E-state index contributed by atoms with van der Waals surface area (Å²) in [5.74, 6) is -1.27. The standard InChI is InChI=1S/C26H17ClN4O3/c27-17-11-9-15(10-12-17)23-14-19(18-6-2-4-8-22(18)28-23)25(33)30-31-26(34)20-13-16-5-1-3-7-21(16)29-24(20)32/h1-14H,(H,29,32)(H,30,33)(H,31,34).